The van der Waals surface area contributed by atoms with Crippen molar-refractivity contribution in [2.45, 2.75) is 62.7 Å². The first kappa shape index (κ1) is 24.8. The van der Waals surface area contributed by atoms with Gasteiger partial charge in [-0.3, -0.25) is 9.59 Å². The van der Waals surface area contributed by atoms with E-state index in [-0.39, 0.29) is 25.4 Å². The van der Waals surface area contributed by atoms with Crippen molar-refractivity contribution < 1.29 is 53.8 Å². The molecule has 0 radical (unpaired) electrons. The van der Waals surface area contributed by atoms with Crippen LogP contribution in [-0.2, 0) is 35.2 Å². The van der Waals surface area contributed by atoms with Crippen LogP contribution in [0.1, 0.15) is 25.3 Å². The van der Waals surface area contributed by atoms with Gasteiger partial charge in [-0.25, -0.2) is 4.79 Å². The fraction of sp³-hybridized carbons (Fsp3) is 0.500. The van der Waals surface area contributed by atoms with Crippen LogP contribution in [0.5, 0.6) is 5.75 Å². The number of hydrogen-bond donors (Lipinski definition) is 4. The van der Waals surface area contributed by atoms with Gasteiger partial charge in [-0.2, -0.15) is 0 Å². The van der Waals surface area contributed by atoms with E-state index < -0.39 is 54.0 Å². The molecule has 0 aromatic heterocycles. The lowest BCUT2D eigenvalue weighted by Gasteiger charge is -2.40. The predicted octanol–water partition coefficient (Wildman–Crippen LogP) is -0.870. The molecule has 1 heterocycles. The summed E-state index contributed by atoms with van der Waals surface area (Å²) in [6, 6.07) is 6.25. The Hall–Kier alpha value is -2.83. The number of benzene rings is 1. The van der Waals surface area contributed by atoms with Gasteiger partial charge in [0.25, 0.3) is 0 Å². The third-order valence-electron chi connectivity index (χ3n) is 5.33. The number of carbonyl (C=O) groups excluding carboxylic acids is 3. The molecule has 0 unspecified atom stereocenters. The zero-order valence-electron chi connectivity index (χ0n) is 17.8. The maximum absolute atomic E-state index is 12.4. The minimum atomic E-state index is -2.35. The molecule has 1 aliphatic heterocycles. The summed E-state index contributed by atoms with van der Waals surface area (Å²) >= 11 is 0. The second kappa shape index (κ2) is 10.4. The quantitative estimate of drug-likeness (QED) is 0.224. The molecule has 180 valence electrons. The molecule has 1 saturated heterocycles. The summed E-state index contributed by atoms with van der Waals surface area (Å²) in [5.74, 6) is -2.30. The van der Waals surface area contributed by atoms with Crippen LogP contribution in [0.25, 0.3) is 0 Å². The third-order valence-corrected chi connectivity index (χ3v) is 5.33. The number of aliphatic hydroxyl groups is 4. The van der Waals surface area contributed by atoms with Crippen molar-refractivity contribution in [1.29, 1.82) is 0 Å². The average Bonchev–Trinajstić information content (AvgIpc) is 2.79. The molecule has 1 aliphatic carbocycles. The molecule has 2 aliphatic rings. The highest BCUT2D eigenvalue weighted by Crippen LogP contribution is 2.28. The SMILES string of the molecule is CC(=O)OC[C@H]1O[C@@H](Oc2ccccc2COC(=O)[C@@]2(O)C=CCCC2=O)[C@H](O)[C@@H](O)[C@@H]1O. The molecule has 0 bridgehead atoms. The molecule has 3 rings (SSSR count). The Labute approximate surface area is 189 Å². The summed E-state index contributed by atoms with van der Waals surface area (Å²) in [6.45, 7) is 0.419. The third kappa shape index (κ3) is 5.57. The van der Waals surface area contributed by atoms with E-state index in [0.29, 0.717) is 12.0 Å². The molecular weight excluding hydrogens is 440 g/mol. The summed E-state index contributed by atoms with van der Waals surface area (Å²) in [4.78, 5) is 35.4. The van der Waals surface area contributed by atoms with Crippen molar-refractivity contribution in [3.05, 3.63) is 42.0 Å². The van der Waals surface area contributed by atoms with Gasteiger partial charge in [-0.15, -0.1) is 0 Å². The van der Waals surface area contributed by atoms with Gasteiger partial charge in [0.15, 0.2) is 5.78 Å². The van der Waals surface area contributed by atoms with Crippen molar-refractivity contribution in [1.82, 2.24) is 0 Å². The number of aliphatic hydroxyl groups excluding tert-OH is 3. The Morgan fingerprint density at radius 1 is 1.12 bits per heavy atom. The molecule has 0 amide bonds. The zero-order chi connectivity index (χ0) is 24.2. The second-order valence-corrected chi connectivity index (χ2v) is 7.75. The van der Waals surface area contributed by atoms with Crippen LogP contribution >= 0.6 is 0 Å². The molecule has 1 fully saturated rings. The fourth-order valence-corrected chi connectivity index (χ4v) is 3.40. The van der Waals surface area contributed by atoms with Crippen LogP contribution in [0, 0.1) is 0 Å². The van der Waals surface area contributed by atoms with Crippen LogP contribution in [0.2, 0.25) is 0 Å². The van der Waals surface area contributed by atoms with Gasteiger partial charge in [0, 0.05) is 18.9 Å². The Bertz CT molecular complexity index is 913. The number of hydrogen-bond acceptors (Lipinski definition) is 11. The lowest BCUT2D eigenvalue weighted by molar-refractivity contribution is -0.278. The largest absolute Gasteiger partial charge is 0.463 e. The van der Waals surface area contributed by atoms with Crippen molar-refractivity contribution in [2.24, 2.45) is 0 Å². The lowest BCUT2D eigenvalue weighted by Crippen LogP contribution is -2.60. The van der Waals surface area contributed by atoms with E-state index in [9.17, 15) is 34.8 Å². The molecule has 4 N–H and O–H groups in total. The van der Waals surface area contributed by atoms with Crippen molar-refractivity contribution in [2.75, 3.05) is 6.61 Å². The highest BCUT2D eigenvalue weighted by molar-refractivity contribution is 6.09. The molecule has 0 saturated carbocycles. The van der Waals surface area contributed by atoms with Crippen LogP contribution in [0.15, 0.2) is 36.4 Å². The van der Waals surface area contributed by atoms with Gasteiger partial charge in [0.2, 0.25) is 11.9 Å². The molecule has 11 heteroatoms. The van der Waals surface area contributed by atoms with Gasteiger partial charge in [-0.05, 0) is 18.6 Å². The summed E-state index contributed by atoms with van der Waals surface area (Å²) in [5.41, 5.74) is -2.03. The summed E-state index contributed by atoms with van der Waals surface area (Å²) in [7, 11) is 0. The van der Waals surface area contributed by atoms with Crippen LogP contribution in [0.4, 0.5) is 0 Å². The van der Waals surface area contributed by atoms with Gasteiger partial charge in [-0.1, -0.05) is 24.3 Å². The highest BCUT2D eigenvalue weighted by atomic mass is 16.7. The molecular formula is C22H26O11. The van der Waals surface area contributed by atoms with Gasteiger partial charge < -0.3 is 39.4 Å². The van der Waals surface area contributed by atoms with Gasteiger partial charge >= 0.3 is 11.9 Å². The normalized spacial score (nSPS) is 31.7. The van der Waals surface area contributed by atoms with Crippen molar-refractivity contribution >= 4 is 17.7 Å². The van der Waals surface area contributed by atoms with Gasteiger partial charge in [0.05, 0.1) is 0 Å². The topological polar surface area (TPSA) is 169 Å². The number of ketones is 1. The van der Waals surface area contributed by atoms with E-state index in [1.165, 1.54) is 19.1 Å². The van der Waals surface area contributed by atoms with E-state index in [0.717, 1.165) is 6.08 Å². The van der Waals surface area contributed by atoms with Crippen LogP contribution in [-0.4, -0.2) is 81.1 Å². The minimum Gasteiger partial charge on any atom is -0.463 e. The molecule has 0 spiro atoms. The first-order valence-corrected chi connectivity index (χ1v) is 10.3. The number of allylic oxidation sites excluding steroid dienone is 1. The highest BCUT2D eigenvalue weighted by Gasteiger charge is 2.46. The van der Waals surface area contributed by atoms with Crippen molar-refractivity contribution in [3.63, 3.8) is 0 Å². The second-order valence-electron chi connectivity index (χ2n) is 7.75. The fourth-order valence-electron chi connectivity index (χ4n) is 3.40. The number of para-hydroxylation sites is 1. The van der Waals surface area contributed by atoms with Crippen molar-refractivity contribution in [3.8, 4) is 5.75 Å². The summed E-state index contributed by atoms with van der Waals surface area (Å²) in [6.07, 6.45) is -4.37. The smallest absolute Gasteiger partial charge is 0.350 e. The number of ether oxygens (including phenoxy) is 4. The van der Waals surface area contributed by atoms with E-state index in [2.05, 4.69) is 0 Å². The van der Waals surface area contributed by atoms with E-state index in [1.54, 1.807) is 18.2 Å². The van der Waals surface area contributed by atoms with E-state index in [4.69, 9.17) is 18.9 Å². The molecule has 33 heavy (non-hydrogen) atoms. The molecule has 6 atom stereocenters. The standard InChI is InChI=1S/C22H26O11/c1-12(23)30-11-15-17(25)18(26)19(27)20(33-15)32-14-7-3-2-6-13(14)10-31-21(28)22(29)9-5-4-8-16(22)24/h2-3,5-7,9,15,17-20,25-27,29H,4,8,10-11H2,1H3/t15-,17-,18+,19-,20-,22-/m1/s1. The first-order chi connectivity index (χ1) is 15.6. The Kier molecular flexibility index (Phi) is 7.82. The number of Topliss-reactive ketones (excluding diaryl/α,β-unsaturated/α-hetero) is 1. The molecule has 11 nitrogen and oxygen atoms in total. The van der Waals surface area contributed by atoms with Gasteiger partial charge in [0.1, 0.15) is 43.4 Å². The predicted molar refractivity (Wildman–Crippen MR) is 109 cm³/mol. The molecule has 1 aromatic carbocycles. The van der Waals surface area contributed by atoms with Crippen LogP contribution in [0.3, 0.4) is 0 Å². The minimum absolute atomic E-state index is 0.0153. The van der Waals surface area contributed by atoms with E-state index in [1.807, 2.05) is 0 Å². The summed E-state index contributed by atoms with van der Waals surface area (Å²) in [5, 5.41) is 40.8. The average molecular weight is 466 g/mol. The summed E-state index contributed by atoms with van der Waals surface area (Å²) < 4.78 is 21.1. The van der Waals surface area contributed by atoms with Crippen LogP contribution < -0.4 is 4.74 Å². The number of carbonyl (C=O) groups is 3. The van der Waals surface area contributed by atoms with E-state index >= 15 is 0 Å². The zero-order valence-corrected chi connectivity index (χ0v) is 17.8. The maximum atomic E-state index is 12.4. The first-order valence-electron chi connectivity index (χ1n) is 10.3. The number of rotatable bonds is 7. The Balaban J connectivity index is 1.70. The lowest BCUT2D eigenvalue weighted by atomic mass is 9.90. The molecule has 1 aromatic rings. The Morgan fingerprint density at radius 2 is 1.85 bits per heavy atom. The monoisotopic (exact) mass is 466 g/mol. The Morgan fingerprint density at radius 3 is 2.55 bits per heavy atom. The maximum Gasteiger partial charge on any atom is 0.350 e. The number of esters is 2.